The molecule has 0 aromatic heterocycles. The van der Waals surface area contributed by atoms with E-state index in [1.807, 2.05) is 65.8 Å². The van der Waals surface area contributed by atoms with Gasteiger partial charge in [0, 0.05) is 0 Å². The van der Waals surface area contributed by atoms with Gasteiger partial charge in [0.25, 0.3) is 0 Å². The highest BCUT2D eigenvalue weighted by atomic mass is 16.1. The molecule has 3 heteroatoms. The second-order valence-electron chi connectivity index (χ2n) is 12.3. The Bertz CT molecular complexity index is 641. The number of rotatable bonds is 6. The van der Waals surface area contributed by atoms with Crippen molar-refractivity contribution >= 4 is 17.3 Å². The number of carbonyl (C=O) groups excluding carboxylic acids is 3. The molecular weight excluding hydrogens is 384 g/mol. The van der Waals surface area contributed by atoms with Crippen molar-refractivity contribution in [3.63, 3.8) is 0 Å². The molecule has 176 valence electrons. The average Bonchev–Trinajstić information content (AvgIpc) is 2.52. The Kier molecular flexibility index (Phi) is 12.8. The zero-order chi connectivity index (χ0) is 25.1. The quantitative estimate of drug-likeness (QED) is 0.324. The van der Waals surface area contributed by atoms with Crippen molar-refractivity contribution in [3.8, 4) is 0 Å². The van der Waals surface area contributed by atoms with E-state index in [-0.39, 0.29) is 45.4 Å². The summed E-state index contributed by atoms with van der Waals surface area (Å²) in [5, 5.41) is 0. The maximum absolute atomic E-state index is 11.5. The highest BCUT2D eigenvalue weighted by Crippen LogP contribution is 2.17. The third kappa shape index (κ3) is 28.0. The summed E-state index contributed by atoms with van der Waals surface area (Å²) in [6.07, 6.45) is 13.8. The van der Waals surface area contributed by atoms with Crippen molar-refractivity contribution in [2.75, 3.05) is 0 Å². The molecule has 0 aliphatic carbocycles. The van der Waals surface area contributed by atoms with Crippen LogP contribution in [-0.2, 0) is 14.4 Å². The van der Waals surface area contributed by atoms with Crippen LogP contribution in [-0.4, -0.2) is 17.3 Å². The molecule has 31 heavy (non-hydrogen) atoms. The van der Waals surface area contributed by atoms with Crippen molar-refractivity contribution in [3.05, 3.63) is 48.6 Å². The van der Waals surface area contributed by atoms with Crippen LogP contribution in [0.15, 0.2) is 48.6 Å². The Balaban J connectivity index is 0. The van der Waals surface area contributed by atoms with Crippen molar-refractivity contribution in [1.29, 1.82) is 0 Å². The van der Waals surface area contributed by atoms with E-state index in [2.05, 4.69) is 41.5 Å². The van der Waals surface area contributed by atoms with E-state index >= 15 is 0 Å². The molecule has 0 fully saturated rings. The molecule has 0 amide bonds. The second-order valence-corrected chi connectivity index (χ2v) is 12.3. The molecule has 0 aliphatic rings. The Morgan fingerprint density at radius 2 is 0.677 bits per heavy atom. The SMILES string of the molecule is CC(C)(C)/C=C/C(=O)/C=C/C(C)(C)C.CC(C)(C)/C=C/C(=O)CC(=O)/C=C/C(C)(C)C. The van der Waals surface area contributed by atoms with Gasteiger partial charge in [0.1, 0.15) is 0 Å². The summed E-state index contributed by atoms with van der Waals surface area (Å²) < 4.78 is 0. The molecule has 3 nitrogen and oxygen atoms in total. The molecular formula is C28H46O3. The standard InChI is InChI=1S/C15H24O2.C13H22O/c1-14(2,3)9-7-12(16)11-13(17)8-10-15(4,5)6;1-12(2,3)9-7-11(14)8-10-13(4,5)6/h7-10H,11H2,1-6H3;7-10H,1-6H3/b2*9-7+,10-8+. The summed E-state index contributed by atoms with van der Waals surface area (Å²) in [5.41, 5.74) is 0.0936. The minimum Gasteiger partial charge on any atom is -0.294 e. The summed E-state index contributed by atoms with van der Waals surface area (Å²) in [4.78, 5) is 34.3. The van der Waals surface area contributed by atoms with E-state index in [0.717, 1.165) is 0 Å². The summed E-state index contributed by atoms with van der Waals surface area (Å²) in [5.74, 6) is -0.207. The minimum atomic E-state index is -0.136. The lowest BCUT2D eigenvalue weighted by Crippen LogP contribution is -2.07. The first-order valence-corrected chi connectivity index (χ1v) is 11.0. The Hall–Kier alpha value is -2.03. The van der Waals surface area contributed by atoms with Gasteiger partial charge in [-0.2, -0.15) is 0 Å². The largest absolute Gasteiger partial charge is 0.294 e. The van der Waals surface area contributed by atoms with E-state index in [0.29, 0.717) is 0 Å². The number of hydrogen-bond acceptors (Lipinski definition) is 3. The lowest BCUT2D eigenvalue weighted by molar-refractivity contribution is -0.122. The average molecular weight is 431 g/mol. The third-order valence-electron chi connectivity index (χ3n) is 3.38. The van der Waals surface area contributed by atoms with Gasteiger partial charge in [-0.3, -0.25) is 14.4 Å². The first kappa shape index (κ1) is 31.2. The van der Waals surface area contributed by atoms with E-state index < -0.39 is 0 Å². The van der Waals surface area contributed by atoms with E-state index in [4.69, 9.17) is 0 Å². The van der Waals surface area contributed by atoms with Crippen molar-refractivity contribution in [1.82, 2.24) is 0 Å². The van der Waals surface area contributed by atoms with Crippen molar-refractivity contribution in [2.24, 2.45) is 21.7 Å². The molecule has 0 N–H and O–H groups in total. The lowest BCUT2D eigenvalue weighted by Gasteiger charge is -2.11. The van der Waals surface area contributed by atoms with Gasteiger partial charge in [-0.05, 0) is 46.0 Å². The van der Waals surface area contributed by atoms with Gasteiger partial charge in [-0.1, -0.05) is 107 Å². The van der Waals surface area contributed by atoms with E-state index in [1.165, 1.54) is 12.2 Å². The van der Waals surface area contributed by atoms with Crippen LogP contribution in [0.25, 0.3) is 0 Å². The fourth-order valence-corrected chi connectivity index (χ4v) is 1.70. The Morgan fingerprint density at radius 3 is 0.903 bits per heavy atom. The maximum Gasteiger partial charge on any atom is 0.178 e. The highest BCUT2D eigenvalue weighted by Gasteiger charge is 2.10. The van der Waals surface area contributed by atoms with Crippen LogP contribution >= 0.6 is 0 Å². The topological polar surface area (TPSA) is 51.2 Å². The molecule has 0 radical (unpaired) electrons. The second kappa shape index (κ2) is 12.7. The number of ketones is 3. The van der Waals surface area contributed by atoms with E-state index in [9.17, 15) is 14.4 Å². The number of allylic oxidation sites excluding steroid dienone is 8. The molecule has 0 saturated heterocycles. The van der Waals surface area contributed by atoms with Gasteiger partial charge < -0.3 is 0 Å². The molecule has 0 aliphatic heterocycles. The smallest absolute Gasteiger partial charge is 0.178 e. The molecule has 0 aromatic carbocycles. The monoisotopic (exact) mass is 430 g/mol. The Morgan fingerprint density at radius 1 is 0.452 bits per heavy atom. The number of carbonyl (C=O) groups is 3. The van der Waals surface area contributed by atoms with E-state index in [1.54, 1.807) is 12.2 Å². The molecule has 0 aromatic rings. The number of hydrogen-bond donors (Lipinski definition) is 0. The first-order valence-electron chi connectivity index (χ1n) is 11.0. The molecule has 0 saturated carbocycles. The first-order chi connectivity index (χ1) is 13.6. The third-order valence-corrected chi connectivity index (χ3v) is 3.38. The van der Waals surface area contributed by atoms with Crippen LogP contribution in [0.3, 0.4) is 0 Å². The van der Waals surface area contributed by atoms with Gasteiger partial charge in [0.2, 0.25) is 0 Å². The van der Waals surface area contributed by atoms with Gasteiger partial charge in [-0.15, -0.1) is 0 Å². The highest BCUT2D eigenvalue weighted by molar-refractivity contribution is 6.08. The molecule has 0 unspecified atom stereocenters. The zero-order valence-electron chi connectivity index (χ0n) is 22.1. The minimum absolute atomic E-state index is 0.0278. The zero-order valence-corrected chi connectivity index (χ0v) is 22.1. The summed E-state index contributed by atoms with van der Waals surface area (Å²) in [6.45, 7) is 24.5. The normalized spacial score (nSPS) is 13.8. The van der Waals surface area contributed by atoms with Crippen LogP contribution in [0.5, 0.6) is 0 Å². The van der Waals surface area contributed by atoms with Gasteiger partial charge >= 0.3 is 0 Å². The summed E-state index contributed by atoms with van der Waals surface area (Å²) >= 11 is 0. The maximum atomic E-state index is 11.5. The van der Waals surface area contributed by atoms with Gasteiger partial charge in [0.15, 0.2) is 17.3 Å². The predicted octanol–water partition coefficient (Wildman–Crippen LogP) is 7.48. The van der Waals surface area contributed by atoms with Crippen LogP contribution in [0.2, 0.25) is 0 Å². The molecule has 0 spiro atoms. The molecule has 0 heterocycles. The lowest BCUT2D eigenvalue weighted by atomic mass is 9.94. The summed E-state index contributed by atoms with van der Waals surface area (Å²) in [6, 6.07) is 0. The summed E-state index contributed by atoms with van der Waals surface area (Å²) in [7, 11) is 0. The van der Waals surface area contributed by atoms with Crippen molar-refractivity contribution in [2.45, 2.75) is 89.5 Å². The van der Waals surface area contributed by atoms with Crippen LogP contribution < -0.4 is 0 Å². The molecule has 0 atom stereocenters. The predicted molar refractivity (Wildman–Crippen MR) is 134 cm³/mol. The molecule has 0 rings (SSSR count). The fraction of sp³-hybridized carbons (Fsp3) is 0.607. The van der Waals surface area contributed by atoms with Crippen LogP contribution in [0.1, 0.15) is 89.5 Å². The van der Waals surface area contributed by atoms with Crippen LogP contribution in [0.4, 0.5) is 0 Å². The molecule has 0 bridgehead atoms. The Labute approximate surface area is 191 Å². The van der Waals surface area contributed by atoms with Crippen molar-refractivity contribution < 1.29 is 14.4 Å². The van der Waals surface area contributed by atoms with Crippen LogP contribution in [0, 0.1) is 21.7 Å². The van der Waals surface area contributed by atoms with Gasteiger partial charge in [-0.25, -0.2) is 0 Å². The fourth-order valence-electron chi connectivity index (χ4n) is 1.70. The van der Waals surface area contributed by atoms with Gasteiger partial charge in [0.05, 0.1) is 6.42 Å².